The number of nitrogens with one attached hydrogen (secondary N) is 1. The maximum absolute atomic E-state index is 9.45. The highest BCUT2D eigenvalue weighted by Crippen LogP contribution is 2.10. The number of rotatable bonds is 0. The van der Waals surface area contributed by atoms with Gasteiger partial charge in [-0.15, -0.1) is 0 Å². The van der Waals surface area contributed by atoms with E-state index in [-0.39, 0.29) is 6.10 Å². The van der Waals surface area contributed by atoms with Gasteiger partial charge in [-0.1, -0.05) is 6.92 Å². The summed E-state index contributed by atoms with van der Waals surface area (Å²) in [5.41, 5.74) is 0. The monoisotopic (exact) mass is 144 g/mol. The number of hydrogen-bond donors (Lipinski definition) is 2. The summed E-state index contributed by atoms with van der Waals surface area (Å²) in [6, 6.07) is 0.631. The van der Waals surface area contributed by atoms with E-state index in [1.165, 1.54) is 0 Å². The second kappa shape index (κ2) is 2.89. The van der Waals surface area contributed by atoms with Crippen LogP contribution in [0.15, 0.2) is 0 Å². The molecule has 1 heterocycles. The van der Waals surface area contributed by atoms with E-state index in [0.29, 0.717) is 12.0 Å². The average Bonchev–Trinajstić information content (AvgIpc) is 1.84. The number of hydrogen-bond acceptors (Lipinski definition) is 1. The molecule has 1 unspecified atom stereocenters. The normalized spacial score (nSPS) is 49.2. The smallest absolute Gasteiger partial charge is 0.0869 e. The molecule has 1 aliphatic rings. The molecular formula is C8H18NO+. The van der Waals surface area contributed by atoms with E-state index >= 15 is 0 Å². The minimum atomic E-state index is -0.0568. The van der Waals surface area contributed by atoms with Crippen molar-refractivity contribution >= 4 is 0 Å². The molecule has 0 bridgehead atoms. The van der Waals surface area contributed by atoms with Crippen molar-refractivity contribution in [3.05, 3.63) is 0 Å². The van der Waals surface area contributed by atoms with Gasteiger partial charge in [0, 0.05) is 12.3 Å². The van der Waals surface area contributed by atoms with E-state index in [2.05, 4.69) is 20.9 Å². The zero-order chi connectivity index (χ0) is 7.72. The van der Waals surface area contributed by atoms with Crippen LogP contribution in [0.2, 0.25) is 0 Å². The fraction of sp³-hybridized carbons (Fsp3) is 1.00. The molecule has 1 fully saturated rings. The van der Waals surface area contributed by atoms with E-state index in [1.54, 1.807) is 4.90 Å². The van der Waals surface area contributed by atoms with Gasteiger partial charge in [-0.2, -0.15) is 0 Å². The van der Waals surface area contributed by atoms with Gasteiger partial charge in [0.1, 0.15) is 0 Å². The van der Waals surface area contributed by atoms with Crippen molar-refractivity contribution in [3.63, 3.8) is 0 Å². The third kappa shape index (κ3) is 1.50. The molecule has 10 heavy (non-hydrogen) atoms. The van der Waals surface area contributed by atoms with Crippen molar-refractivity contribution in [1.82, 2.24) is 0 Å². The van der Waals surface area contributed by atoms with Crippen LogP contribution in [-0.4, -0.2) is 30.8 Å². The summed E-state index contributed by atoms with van der Waals surface area (Å²) in [5, 5.41) is 9.45. The molecule has 0 aromatic carbocycles. The molecule has 0 spiro atoms. The van der Waals surface area contributed by atoms with Gasteiger partial charge < -0.3 is 10.0 Å². The highest BCUT2D eigenvalue weighted by molar-refractivity contribution is 4.70. The molecule has 0 amide bonds. The van der Waals surface area contributed by atoms with E-state index in [4.69, 9.17) is 0 Å². The third-order valence-corrected chi connectivity index (χ3v) is 2.74. The maximum Gasteiger partial charge on any atom is 0.0869 e. The fourth-order valence-corrected chi connectivity index (χ4v) is 1.64. The number of quaternary nitrogens is 1. The van der Waals surface area contributed by atoms with Gasteiger partial charge in [-0.05, 0) is 6.92 Å². The lowest BCUT2D eigenvalue weighted by Crippen LogP contribution is -3.14. The largest absolute Gasteiger partial charge is 0.392 e. The van der Waals surface area contributed by atoms with Gasteiger partial charge in [-0.3, -0.25) is 0 Å². The SMILES string of the molecule is C[C@@H]1C[NH+](C)[C@H](C)C[C@@H]1O. The summed E-state index contributed by atoms with van der Waals surface area (Å²) in [5.74, 6) is 0.483. The second-order valence-electron chi connectivity index (χ2n) is 3.73. The van der Waals surface area contributed by atoms with Crippen LogP contribution < -0.4 is 4.90 Å². The van der Waals surface area contributed by atoms with Gasteiger partial charge in [0.25, 0.3) is 0 Å². The highest BCUT2D eigenvalue weighted by Gasteiger charge is 2.30. The Kier molecular flexibility index (Phi) is 2.32. The number of aliphatic hydroxyl groups excluding tert-OH is 1. The Morgan fingerprint density at radius 2 is 2.00 bits per heavy atom. The standard InChI is InChI=1S/C8H17NO/c1-6-5-9(3)7(2)4-8(6)10/h6-8,10H,4-5H2,1-3H3/p+1/t6-,7-,8+/m1/s1. The first-order chi connectivity index (χ1) is 4.61. The van der Waals surface area contributed by atoms with E-state index in [9.17, 15) is 5.11 Å². The zero-order valence-electron chi connectivity index (χ0n) is 7.09. The van der Waals surface area contributed by atoms with Crippen LogP contribution in [0.25, 0.3) is 0 Å². The Hall–Kier alpha value is -0.0800. The van der Waals surface area contributed by atoms with Crippen LogP contribution in [-0.2, 0) is 0 Å². The summed E-state index contributed by atoms with van der Waals surface area (Å²) in [6.07, 6.45) is 0.909. The molecule has 0 radical (unpaired) electrons. The second-order valence-corrected chi connectivity index (χ2v) is 3.73. The number of likely N-dealkylation sites (tertiary alicyclic amines) is 1. The summed E-state index contributed by atoms with van der Waals surface area (Å²) in [6.45, 7) is 5.44. The van der Waals surface area contributed by atoms with Crippen molar-refractivity contribution in [2.75, 3.05) is 13.6 Å². The van der Waals surface area contributed by atoms with Gasteiger partial charge in [0.05, 0.1) is 25.7 Å². The minimum Gasteiger partial charge on any atom is -0.392 e. The summed E-state index contributed by atoms with van der Waals surface area (Å²) >= 11 is 0. The van der Waals surface area contributed by atoms with Crippen LogP contribution in [0.5, 0.6) is 0 Å². The van der Waals surface area contributed by atoms with Gasteiger partial charge >= 0.3 is 0 Å². The summed E-state index contributed by atoms with van der Waals surface area (Å²) in [7, 11) is 2.20. The Morgan fingerprint density at radius 3 is 2.50 bits per heavy atom. The first-order valence-corrected chi connectivity index (χ1v) is 4.11. The van der Waals surface area contributed by atoms with Crippen LogP contribution in [0.1, 0.15) is 20.3 Å². The molecule has 4 atom stereocenters. The topological polar surface area (TPSA) is 24.7 Å². The predicted octanol–water partition coefficient (Wildman–Crippen LogP) is -0.710. The Labute approximate surface area is 62.8 Å². The number of piperidine rings is 1. The van der Waals surface area contributed by atoms with E-state index in [1.807, 2.05) is 0 Å². The molecule has 2 heteroatoms. The quantitative estimate of drug-likeness (QED) is 0.461. The zero-order valence-corrected chi connectivity index (χ0v) is 7.09. The van der Waals surface area contributed by atoms with Crippen LogP contribution in [0.3, 0.4) is 0 Å². The van der Waals surface area contributed by atoms with Gasteiger partial charge in [0.2, 0.25) is 0 Å². The lowest BCUT2D eigenvalue weighted by Gasteiger charge is -2.34. The van der Waals surface area contributed by atoms with Crippen molar-refractivity contribution < 1.29 is 10.0 Å². The van der Waals surface area contributed by atoms with Crippen LogP contribution in [0, 0.1) is 5.92 Å². The molecule has 0 aromatic rings. The minimum absolute atomic E-state index is 0.0568. The van der Waals surface area contributed by atoms with E-state index < -0.39 is 0 Å². The van der Waals surface area contributed by atoms with E-state index in [0.717, 1.165) is 13.0 Å². The molecule has 60 valence electrons. The number of aliphatic hydroxyl groups is 1. The van der Waals surface area contributed by atoms with Crippen LogP contribution in [0.4, 0.5) is 0 Å². The van der Waals surface area contributed by atoms with Crippen molar-refractivity contribution in [3.8, 4) is 0 Å². The van der Waals surface area contributed by atoms with Crippen molar-refractivity contribution in [2.24, 2.45) is 5.92 Å². The molecule has 1 saturated heterocycles. The van der Waals surface area contributed by atoms with Crippen molar-refractivity contribution in [2.45, 2.75) is 32.4 Å². The summed E-state index contributed by atoms with van der Waals surface area (Å²) in [4.78, 5) is 1.55. The Bertz CT molecular complexity index is 89.8. The Balaban J connectivity index is 2.46. The van der Waals surface area contributed by atoms with Crippen molar-refractivity contribution in [1.29, 1.82) is 0 Å². The van der Waals surface area contributed by atoms with Crippen LogP contribution >= 0.6 is 0 Å². The molecule has 2 N–H and O–H groups in total. The first kappa shape index (κ1) is 8.02. The molecular weight excluding hydrogens is 126 g/mol. The molecule has 1 rings (SSSR count). The lowest BCUT2D eigenvalue weighted by atomic mass is 9.93. The lowest BCUT2D eigenvalue weighted by molar-refractivity contribution is -0.914. The Morgan fingerprint density at radius 1 is 1.40 bits per heavy atom. The third-order valence-electron chi connectivity index (χ3n) is 2.74. The molecule has 0 aliphatic carbocycles. The van der Waals surface area contributed by atoms with Gasteiger partial charge in [0.15, 0.2) is 0 Å². The predicted molar refractivity (Wildman–Crippen MR) is 41.0 cm³/mol. The molecule has 2 nitrogen and oxygen atoms in total. The van der Waals surface area contributed by atoms with Gasteiger partial charge in [-0.25, -0.2) is 0 Å². The fourth-order valence-electron chi connectivity index (χ4n) is 1.64. The first-order valence-electron chi connectivity index (χ1n) is 4.11. The molecule has 0 aromatic heterocycles. The molecule has 0 saturated carbocycles. The summed E-state index contributed by atoms with van der Waals surface area (Å²) < 4.78 is 0. The highest BCUT2D eigenvalue weighted by atomic mass is 16.3. The maximum atomic E-state index is 9.45. The molecule has 1 aliphatic heterocycles. The average molecular weight is 144 g/mol.